The van der Waals surface area contributed by atoms with Crippen LogP contribution in [0.15, 0.2) is 54.6 Å². The van der Waals surface area contributed by atoms with Crippen LogP contribution in [0.3, 0.4) is 0 Å². The van der Waals surface area contributed by atoms with Gasteiger partial charge in [0.15, 0.2) is 6.61 Å². The minimum atomic E-state index is -0.608. The summed E-state index contributed by atoms with van der Waals surface area (Å²) in [5.74, 6) is -1.57. The Morgan fingerprint density at radius 1 is 0.828 bits per heavy atom. The summed E-state index contributed by atoms with van der Waals surface area (Å²) in [6.45, 7) is 2.32. The van der Waals surface area contributed by atoms with E-state index < -0.39 is 24.5 Å². The van der Waals surface area contributed by atoms with Crippen LogP contribution in [0, 0.1) is 0 Å². The minimum absolute atomic E-state index is 0.0950. The molecule has 0 aliphatic rings. The molecule has 0 aliphatic carbocycles. The van der Waals surface area contributed by atoms with Crippen LogP contribution >= 0.6 is 0 Å². The smallest absolute Gasteiger partial charge is 0.308 e. The van der Waals surface area contributed by atoms with Crippen LogP contribution in [0.1, 0.15) is 31.9 Å². The van der Waals surface area contributed by atoms with Crippen molar-refractivity contribution in [2.24, 2.45) is 0 Å². The number of amides is 3. The normalized spacial score (nSPS) is 11.1. The molecule has 2 aromatic rings. The fourth-order valence-corrected chi connectivity index (χ4v) is 2.59. The number of ether oxygens (including phenoxy) is 1. The average Bonchev–Trinajstić information content (AvgIpc) is 2.67. The standard InChI is InChI=1S/C21H23N3O5/c1-14(25)22-17-8-10-18(11-9-17)24-20(27)13-29-21(28)12-19(23-15(2)26)16-6-4-3-5-7-16/h3-11,19H,12-13H2,1-2H3,(H,22,25)(H,23,26)(H,24,27)/t19-/m0/s1. The maximum atomic E-state index is 12.1. The molecule has 0 spiro atoms. The second-order valence-corrected chi connectivity index (χ2v) is 6.34. The third-order valence-corrected chi connectivity index (χ3v) is 3.80. The van der Waals surface area contributed by atoms with E-state index in [1.165, 1.54) is 13.8 Å². The monoisotopic (exact) mass is 397 g/mol. The van der Waals surface area contributed by atoms with E-state index in [2.05, 4.69) is 16.0 Å². The highest BCUT2D eigenvalue weighted by Gasteiger charge is 2.18. The van der Waals surface area contributed by atoms with Crippen LogP contribution < -0.4 is 16.0 Å². The Labute approximate surface area is 168 Å². The van der Waals surface area contributed by atoms with Gasteiger partial charge in [-0.15, -0.1) is 0 Å². The zero-order valence-corrected chi connectivity index (χ0v) is 16.2. The van der Waals surface area contributed by atoms with E-state index in [0.717, 1.165) is 5.56 Å². The van der Waals surface area contributed by atoms with Crippen molar-refractivity contribution in [1.29, 1.82) is 0 Å². The van der Waals surface area contributed by atoms with E-state index in [0.29, 0.717) is 11.4 Å². The summed E-state index contributed by atoms with van der Waals surface area (Å²) >= 11 is 0. The fourth-order valence-electron chi connectivity index (χ4n) is 2.59. The van der Waals surface area contributed by atoms with Crippen molar-refractivity contribution in [3.8, 4) is 0 Å². The van der Waals surface area contributed by atoms with Gasteiger partial charge in [-0.3, -0.25) is 19.2 Å². The maximum absolute atomic E-state index is 12.1. The van der Waals surface area contributed by atoms with Gasteiger partial charge < -0.3 is 20.7 Å². The number of hydrogen-bond donors (Lipinski definition) is 3. The molecule has 2 rings (SSSR count). The molecule has 1 atom stereocenters. The maximum Gasteiger partial charge on any atom is 0.308 e. The molecule has 0 fully saturated rings. The second kappa shape index (κ2) is 10.6. The number of esters is 1. The number of hydrogen-bond acceptors (Lipinski definition) is 5. The Morgan fingerprint density at radius 2 is 1.41 bits per heavy atom. The molecule has 0 saturated heterocycles. The van der Waals surface area contributed by atoms with Gasteiger partial charge >= 0.3 is 5.97 Å². The quantitative estimate of drug-likeness (QED) is 0.592. The molecule has 0 unspecified atom stereocenters. The third-order valence-electron chi connectivity index (χ3n) is 3.80. The predicted molar refractivity (Wildman–Crippen MR) is 108 cm³/mol. The second-order valence-electron chi connectivity index (χ2n) is 6.34. The number of rotatable bonds is 8. The summed E-state index contributed by atoms with van der Waals surface area (Å²) in [5, 5.41) is 7.92. The summed E-state index contributed by atoms with van der Waals surface area (Å²) in [4.78, 5) is 46.5. The molecular formula is C21H23N3O5. The van der Waals surface area contributed by atoms with Crippen molar-refractivity contribution in [3.05, 3.63) is 60.2 Å². The zero-order valence-electron chi connectivity index (χ0n) is 16.2. The molecule has 29 heavy (non-hydrogen) atoms. The van der Waals surface area contributed by atoms with Crippen molar-refractivity contribution in [1.82, 2.24) is 5.32 Å². The highest BCUT2D eigenvalue weighted by molar-refractivity contribution is 5.93. The number of carbonyl (C=O) groups excluding carboxylic acids is 4. The van der Waals surface area contributed by atoms with Crippen molar-refractivity contribution in [2.45, 2.75) is 26.3 Å². The van der Waals surface area contributed by atoms with Crippen molar-refractivity contribution in [3.63, 3.8) is 0 Å². The highest BCUT2D eigenvalue weighted by atomic mass is 16.5. The van der Waals surface area contributed by atoms with Crippen LogP contribution in [0.5, 0.6) is 0 Å². The lowest BCUT2D eigenvalue weighted by Gasteiger charge is -2.17. The highest BCUT2D eigenvalue weighted by Crippen LogP contribution is 2.17. The van der Waals surface area contributed by atoms with Gasteiger partial charge in [-0.05, 0) is 29.8 Å². The van der Waals surface area contributed by atoms with Gasteiger partial charge in [0.25, 0.3) is 5.91 Å². The summed E-state index contributed by atoms with van der Waals surface area (Å²) in [5.41, 5.74) is 1.87. The summed E-state index contributed by atoms with van der Waals surface area (Å²) < 4.78 is 5.03. The number of benzene rings is 2. The van der Waals surface area contributed by atoms with Crippen LogP contribution in [0.4, 0.5) is 11.4 Å². The molecule has 152 valence electrons. The van der Waals surface area contributed by atoms with Gasteiger partial charge in [-0.2, -0.15) is 0 Å². The molecule has 8 nitrogen and oxygen atoms in total. The fraction of sp³-hybridized carbons (Fsp3) is 0.238. The summed E-state index contributed by atoms with van der Waals surface area (Å²) in [7, 11) is 0. The molecule has 0 bridgehead atoms. The van der Waals surface area contributed by atoms with Gasteiger partial charge in [-0.25, -0.2) is 0 Å². The van der Waals surface area contributed by atoms with Crippen LogP contribution in [0.25, 0.3) is 0 Å². The first-order valence-electron chi connectivity index (χ1n) is 8.98. The Bertz CT molecular complexity index is 866. The van der Waals surface area contributed by atoms with Crippen LogP contribution in [-0.4, -0.2) is 30.3 Å². The van der Waals surface area contributed by atoms with E-state index >= 15 is 0 Å². The molecule has 0 heterocycles. The van der Waals surface area contributed by atoms with Gasteiger partial charge in [-0.1, -0.05) is 30.3 Å². The van der Waals surface area contributed by atoms with Crippen LogP contribution in [0.2, 0.25) is 0 Å². The largest absolute Gasteiger partial charge is 0.455 e. The Balaban J connectivity index is 1.84. The molecule has 0 aliphatic heterocycles. The Hall–Kier alpha value is -3.68. The molecule has 3 amide bonds. The molecule has 0 aromatic heterocycles. The first-order chi connectivity index (χ1) is 13.8. The SMILES string of the molecule is CC(=O)Nc1ccc(NC(=O)COC(=O)C[C@H](NC(C)=O)c2ccccc2)cc1. The van der Waals surface area contributed by atoms with Gasteiger partial charge in [0.1, 0.15) is 0 Å². The predicted octanol–water partition coefficient (Wildman–Crippen LogP) is 2.39. The summed E-state index contributed by atoms with van der Waals surface area (Å²) in [6.07, 6.45) is -0.0950. The lowest BCUT2D eigenvalue weighted by molar-refractivity contribution is -0.148. The van der Waals surface area contributed by atoms with Crippen molar-refractivity contribution >= 4 is 35.1 Å². The molecule has 3 N–H and O–H groups in total. The van der Waals surface area contributed by atoms with Crippen molar-refractivity contribution in [2.75, 3.05) is 17.2 Å². The van der Waals surface area contributed by atoms with E-state index in [9.17, 15) is 19.2 Å². The average molecular weight is 397 g/mol. The van der Waals surface area contributed by atoms with E-state index in [1.807, 2.05) is 6.07 Å². The van der Waals surface area contributed by atoms with Gasteiger partial charge in [0.05, 0.1) is 12.5 Å². The Morgan fingerprint density at radius 3 is 1.97 bits per heavy atom. The Kier molecular flexibility index (Phi) is 7.90. The molecule has 0 radical (unpaired) electrons. The summed E-state index contributed by atoms with van der Waals surface area (Å²) in [6, 6.07) is 15.0. The lowest BCUT2D eigenvalue weighted by Crippen LogP contribution is -2.29. The van der Waals surface area contributed by atoms with E-state index in [4.69, 9.17) is 4.74 Å². The van der Waals surface area contributed by atoms with Crippen LogP contribution in [-0.2, 0) is 23.9 Å². The number of nitrogens with one attached hydrogen (secondary N) is 3. The third kappa shape index (κ3) is 7.84. The molecular weight excluding hydrogens is 374 g/mol. The number of carbonyl (C=O) groups is 4. The first kappa shape index (κ1) is 21.6. The van der Waals surface area contributed by atoms with E-state index in [-0.39, 0.29) is 18.2 Å². The number of anilines is 2. The topological polar surface area (TPSA) is 114 Å². The van der Waals surface area contributed by atoms with Gasteiger partial charge in [0, 0.05) is 25.2 Å². The zero-order chi connectivity index (χ0) is 21.2. The van der Waals surface area contributed by atoms with Gasteiger partial charge in [0.2, 0.25) is 11.8 Å². The molecule has 2 aromatic carbocycles. The molecule has 0 saturated carbocycles. The molecule has 8 heteroatoms. The van der Waals surface area contributed by atoms with E-state index in [1.54, 1.807) is 48.5 Å². The lowest BCUT2D eigenvalue weighted by atomic mass is 10.0. The van der Waals surface area contributed by atoms with Crippen molar-refractivity contribution < 1.29 is 23.9 Å². The first-order valence-corrected chi connectivity index (χ1v) is 8.98. The minimum Gasteiger partial charge on any atom is -0.455 e.